The van der Waals surface area contributed by atoms with Crippen molar-refractivity contribution in [2.24, 2.45) is 0 Å². The van der Waals surface area contributed by atoms with E-state index in [0.29, 0.717) is 11.0 Å². The lowest BCUT2D eigenvalue weighted by molar-refractivity contribution is -0.137. The zero-order valence-corrected chi connectivity index (χ0v) is 14.8. The summed E-state index contributed by atoms with van der Waals surface area (Å²) in [4.78, 5) is 0. The third-order valence-electron chi connectivity index (χ3n) is 3.72. The lowest BCUT2D eigenvalue weighted by atomic mass is 10.2. The molecule has 0 atom stereocenters. The Balaban J connectivity index is 1.57. The summed E-state index contributed by atoms with van der Waals surface area (Å²) in [6.07, 6.45) is -4.45. The number of alkyl halides is 3. The Morgan fingerprint density at radius 1 is 0.821 bits per heavy atom. The molecule has 0 radical (unpaired) electrons. The number of rotatable bonds is 5. The number of aromatic nitrogens is 8. The number of tetrazole rings is 2. The summed E-state index contributed by atoms with van der Waals surface area (Å²) >= 11 is 1.27. The lowest BCUT2D eigenvalue weighted by Gasteiger charge is -2.09. The molecular formula is C16H11F3N8S. The predicted molar refractivity (Wildman–Crippen MR) is 92.9 cm³/mol. The first-order valence-electron chi connectivity index (χ1n) is 7.94. The maximum Gasteiger partial charge on any atom is 0.416 e. The van der Waals surface area contributed by atoms with Crippen molar-refractivity contribution in [2.45, 2.75) is 17.1 Å². The van der Waals surface area contributed by atoms with Crippen molar-refractivity contribution in [2.75, 3.05) is 0 Å². The van der Waals surface area contributed by atoms with Crippen LogP contribution in [0.25, 0.3) is 11.4 Å². The fourth-order valence-corrected chi connectivity index (χ4v) is 3.24. The van der Waals surface area contributed by atoms with Crippen molar-refractivity contribution >= 4 is 11.8 Å². The first kappa shape index (κ1) is 18.1. The summed E-state index contributed by atoms with van der Waals surface area (Å²) in [6.45, 7) is 0. The van der Waals surface area contributed by atoms with Crippen molar-refractivity contribution < 1.29 is 13.2 Å². The van der Waals surface area contributed by atoms with Crippen molar-refractivity contribution in [3.63, 3.8) is 0 Å². The highest BCUT2D eigenvalue weighted by Gasteiger charge is 2.30. The molecule has 2 aromatic heterocycles. The molecule has 0 saturated heterocycles. The molecule has 0 unspecified atom stereocenters. The van der Waals surface area contributed by atoms with E-state index in [0.717, 1.165) is 17.8 Å². The van der Waals surface area contributed by atoms with E-state index >= 15 is 0 Å². The molecule has 0 saturated carbocycles. The number of thioether (sulfide) groups is 1. The molecule has 0 bridgehead atoms. The molecule has 0 aliphatic rings. The topological polar surface area (TPSA) is 87.2 Å². The van der Waals surface area contributed by atoms with E-state index in [-0.39, 0.29) is 11.4 Å². The molecule has 0 fully saturated rings. The fourth-order valence-electron chi connectivity index (χ4n) is 2.44. The predicted octanol–water partition coefficient (Wildman–Crippen LogP) is 2.95. The number of halogens is 3. The lowest BCUT2D eigenvalue weighted by Crippen LogP contribution is -2.08. The first-order valence-corrected chi connectivity index (χ1v) is 8.92. The standard InChI is InChI=1S/C16H11F3N8S/c17-16(18,19)11-5-4-8-13(9-11)26-14(20-22-24-26)10-28-15-21-23-25-27(15)12-6-2-1-3-7-12/h1-9H,10H2. The zero-order chi connectivity index (χ0) is 19.6. The summed E-state index contributed by atoms with van der Waals surface area (Å²) in [5.41, 5.74) is 0.234. The van der Waals surface area contributed by atoms with E-state index in [1.54, 1.807) is 4.68 Å². The van der Waals surface area contributed by atoms with E-state index < -0.39 is 11.7 Å². The van der Waals surface area contributed by atoms with Gasteiger partial charge in [-0.3, -0.25) is 0 Å². The fraction of sp³-hybridized carbons (Fsp3) is 0.125. The Morgan fingerprint density at radius 3 is 2.32 bits per heavy atom. The van der Waals surface area contributed by atoms with Gasteiger partial charge in [0.1, 0.15) is 0 Å². The van der Waals surface area contributed by atoms with Crippen LogP contribution < -0.4 is 0 Å². The first-order chi connectivity index (χ1) is 13.5. The summed E-state index contributed by atoms with van der Waals surface area (Å²) in [5.74, 6) is 0.628. The van der Waals surface area contributed by atoms with Crippen LogP contribution in [0.3, 0.4) is 0 Å². The molecule has 8 nitrogen and oxygen atoms in total. The second-order valence-electron chi connectivity index (χ2n) is 5.55. The molecule has 2 aromatic carbocycles. The molecule has 4 aromatic rings. The van der Waals surface area contributed by atoms with Gasteiger partial charge in [0.05, 0.1) is 22.7 Å². The number of para-hydroxylation sites is 1. The molecule has 2 heterocycles. The van der Waals surface area contributed by atoms with Crippen molar-refractivity contribution in [3.05, 3.63) is 66.0 Å². The average Bonchev–Trinajstić information content (AvgIpc) is 3.36. The van der Waals surface area contributed by atoms with Gasteiger partial charge in [0.15, 0.2) is 5.82 Å². The normalized spacial score (nSPS) is 11.7. The van der Waals surface area contributed by atoms with Crippen LogP contribution in [0.4, 0.5) is 13.2 Å². The molecular weight excluding hydrogens is 393 g/mol. The molecule has 28 heavy (non-hydrogen) atoms. The third-order valence-corrected chi connectivity index (χ3v) is 4.64. The summed E-state index contributed by atoms with van der Waals surface area (Å²) < 4.78 is 41.7. The monoisotopic (exact) mass is 404 g/mol. The summed E-state index contributed by atoms with van der Waals surface area (Å²) in [6, 6.07) is 14.1. The van der Waals surface area contributed by atoms with Gasteiger partial charge in [-0.1, -0.05) is 36.0 Å². The van der Waals surface area contributed by atoms with Gasteiger partial charge in [0, 0.05) is 0 Å². The van der Waals surface area contributed by atoms with Crippen LogP contribution in [0.15, 0.2) is 59.8 Å². The van der Waals surface area contributed by atoms with Crippen LogP contribution in [-0.2, 0) is 11.9 Å². The van der Waals surface area contributed by atoms with E-state index in [1.165, 1.54) is 28.6 Å². The smallest absolute Gasteiger partial charge is 0.196 e. The summed E-state index contributed by atoms with van der Waals surface area (Å²) in [5, 5.41) is 23.4. The van der Waals surface area contributed by atoms with Crippen LogP contribution in [-0.4, -0.2) is 40.4 Å². The molecule has 0 N–H and O–H groups in total. The Labute approximate surface area is 160 Å². The highest BCUT2D eigenvalue weighted by Crippen LogP contribution is 2.30. The minimum absolute atomic E-state index is 0.220. The minimum atomic E-state index is -4.45. The second kappa shape index (κ2) is 7.38. The molecule has 12 heteroatoms. The number of nitrogens with zero attached hydrogens (tertiary/aromatic N) is 8. The molecule has 4 rings (SSSR count). The van der Waals surface area contributed by atoms with Crippen LogP contribution >= 0.6 is 11.8 Å². The van der Waals surface area contributed by atoms with E-state index in [4.69, 9.17) is 0 Å². The Morgan fingerprint density at radius 2 is 1.54 bits per heavy atom. The maximum absolute atomic E-state index is 13.0. The minimum Gasteiger partial charge on any atom is -0.196 e. The Bertz CT molecular complexity index is 1080. The quantitative estimate of drug-likeness (QED) is 0.473. The van der Waals surface area contributed by atoms with Crippen LogP contribution in [0, 0.1) is 0 Å². The zero-order valence-electron chi connectivity index (χ0n) is 14.0. The molecule has 142 valence electrons. The average molecular weight is 404 g/mol. The van der Waals surface area contributed by atoms with Crippen molar-refractivity contribution in [3.8, 4) is 11.4 Å². The van der Waals surface area contributed by atoms with Crippen LogP contribution in [0.5, 0.6) is 0 Å². The van der Waals surface area contributed by atoms with E-state index in [1.807, 2.05) is 30.3 Å². The van der Waals surface area contributed by atoms with Crippen LogP contribution in [0.2, 0.25) is 0 Å². The number of benzene rings is 2. The summed E-state index contributed by atoms with van der Waals surface area (Å²) in [7, 11) is 0. The number of hydrogen-bond donors (Lipinski definition) is 0. The SMILES string of the molecule is FC(F)(F)c1cccc(-n2nnnc2CSc2nnnn2-c2ccccc2)c1. The maximum atomic E-state index is 13.0. The Hall–Kier alpha value is -3.28. The molecule has 0 aliphatic carbocycles. The van der Waals surface area contributed by atoms with Gasteiger partial charge >= 0.3 is 6.18 Å². The van der Waals surface area contributed by atoms with Gasteiger partial charge in [-0.05, 0) is 51.2 Å². The molecule has 0 amide bonds. The highest BCUT2D eigenvalue weighted by molar-refractivity contribution is 7.98. The van der Waals surface area contributed by atoms with Gasteiger partial charge in [-0.25, -0.2) is 0 Å². The Kier molecular flexibility index (Phi) is 4.77. The van der Waals surface area contributed by atoms with Gasteiger partial charge < -0.3 is 0 Å². The van der Waals surface area contributed by atoms with E-state index in [9.17, 15) is 13.2 Å². The van der Waals surface area contributed by atoms with Gasteiger partial charge in [-0.15, -0.1) is 10.2 Å². The van der Waals surface area contributed by atoms with E-state index in [2.05, 4.69) is 31.1 Å². The van der Waals surface area contributed by atoms with Crippen molar-refractivity contribution in [1.82, 2.24) is 40.4 Å². The number of hydrogen-bond acceptors (Lipinski definition) is 7. The second-order valence-corrected chi connectivity index (χ2v) is 6.49. The highest BCUT2D eigenvalue weighted by atomic mass is 32.2. The third kappa shape index (κ3) is 3.71. The van der Waals surface area contributed by atoms with Gasteiger partial charge in [0.2, 0.25) is 5.16 Å². The van der Waals surface area contributed by atoms with Crippen molar-refractivity contribution in [1.29, 1.82) is 0 Å². The largest absolute Gasteiger partial charge is 0.416 e. The molecule has 0 spiro atoms. The van der Waals surface area contributed by atoms with Gasteiger partial charge in [-0.2, -0.15) is 22.5 Å². The van der Waals surface area contributed by atoms with Gasteiger partial charge in [0.25, 0.3) is 0 Å². The van der Waals surface area contributed by atoms with Crippen LogP contribution in [0.1, 0.15) is 11.4 Å². The molecule has 0 aliphatic heterocycles.